The van der Waals surface area contributed by atoms with E-state index in [1.807, 2.05) is 0 Å². The highest BCUT2D eigenvalue weighted by Crippen LogP contribution is 2.20. The van der Waals surface area contributed by atoms with E-state index in [1.165, 1.54) is 12.4 Å². The van der Waals surface area contributed by atoms with Crippen LogP contribution in [-0.2, 0) is 6.54 Å². The van der Waals surface area contributed by atoms with Gasteiger partial charge < -0.3 is 10.5 Å². The molecule has 0 atom stereocenters. The average molecular weight is 237 g/mol. The van der Waals surface area contributed by atoms with E-state index in [0.29, 0.717) is 5.69 Å². The molecule has 4 nitrogen and oxygen atoms in total. The van der Waals surface area contributed by atoms with E-state index in [1.54, 1.807) is 0 Å². The molecule has 88 valence electrons. The summed E-state index contributed by atoms with van der Waals surface area (Å²) in [5.74, 6) is -1.26. The SMILES string of the molecule is NCc1cnc(Oc2cc(F)cc(F)c2)cn1. The minimum absolute atomic E-state index is 0.0253. The van der Waals surface area contributed by atoms with Crippen LogP contribution >= 0.6 is 0 Å². The molecule has 2 N–H and O–H groups in total. The number of hydrogen-bond acceptors (Lipinski definition) is 4. The van der Waals surface area contributed by atoms with Crippen molar-refractivity contribution in [2.24, 2.45) is 5.73 Å². The number of aromatic nitrogens is 2. The van der Waals surface area contributed by atoms with Gasteiger partial charge in [0.2, 0.25) is 5.88 Å². The Kier molecular flexibility index (Phi) is 3.24. The molecule has 1 heterocycles. The van der Waals surface area contributed by atoms with Crippen molar-refractivity contribution in [3.05, 3.63) is 47.9 Å². The molecular weight excluding hydrogens is 228 g/mol. The molecular formula is C11H9F2N3O. The van der Waals surface area contributed by atoms with Crippen LogP contribution in [0.3, 0.4) is 0 Å². The van der Waals surface area contributed by atoms with Crippen LogP contribution in [0.5, 0.6) is 11.6 Å². The van der Waals surface area contributed by atoms with Crippen molar-refractivity contribution < 1.29 is 13.5 Å². The lowest BCUT2D eigenvalue weighted by molar-refractivity contribution is 0.448. The molecule has 0 radical (unpaired) electrons. The lowest BCUT2D eigenvalue weighted by Gasteiger charge is -2.04. The van der Waals surface area contributed by atoms with Gasteiger partial charge in [0.15, 0.2) is 0 Å². The summed E-state index contributed by atoms with van der Waals surface area (Å²) in [5, 5.41) is 0. The Morgan fingerprint density at radius 1 is 1.06 bits per heavy atom. The molecule has 0 fully saturated rings. The van der Waals surface area contributed by atoms with E-state index in [0.717, 1.165) is 18.2 Å². The Hall–Kier alpha value is -2.08. The van der Waals surface area contributed by atoms with Crippen molar-refractivity contribution >= 4 is 0 Å². The van der Waals surface area contributed by atoms with Crippen LogP contribution in [0.4, 0.5) is 8.78 Å². The molecule has 1 aromatic heterocycles. The van der Waals surface area contributed by atoms with Gasteiger partial charge in [-0.15, -0.1) is 0 Å². The first-order valence-electron chi connectivity index (χ1n) is 4.82. The number of rotatable bonds is 3. The maximum absolute atomic E-state index is 12.9. The molecule has 0 aliphatic rings. The molecule has 0 aliphatic heterocycles. The largest absolute Gasteiger partial charge is 0.437 e. The molecule has 17 heavy (non-hydrogen) atoms. The van der Waals surface area contributed by atoms with Crippen molar-refractivity contribution in [2.45, 2.75) is 6.54 Å². The summed E-state index contributed by atoms with van der Waals surface area (Å²) in [7, 11) is 0. The van der Waals surface area contributed by atoms with Crippen LogP contribution in [-0.4, -0.2) is 9.97 Å². The maximum atomic E-state index is 12.9. The van der Waals surface area contributed by atoms with Crippen molar-refractivity contribution in [1.29, 1.82) is 0 Å². The zero-order valence-corrected chi connectivity index (χ0v) is 8.73. The zero-order chi connectivity index (χ0) is 12.3. The van der Waals surface area contributed by atoms with Gasteiger partial charge in [-0.05, 0) is 0 Å². The van der Waals surface area contributed by atoms with Crippen LogP contribution in [0.1, 0.15) is 5.69 Å². The number of halogens is 2. The van der Waals surface area contributed by atoms with E-state index in [2.05, 4.69) is 9.97 Å². The second-order valence-corrected chi connectivity index (χ2v) is 3.26. The van der Waals surface area contributed by atoms with Crippen LogP contribution in [0.2, 0.25) is 0 Å². The Bertz CT molecular complexity index is 496. The molecule has 1 aromatic carbocycles. The average Bonchev–Trinajstić information content (AvgIpc) is 2.28. The van der Waals surface area contributed by atoms with Gasteiger partial charge in [0.05, 0.1) is 18.1 Å². The fraction of sp³-hybridized carbons (Fsp3) is 0.0909. The highest BCUT2D eigenvalue weighted by atomic mass is 19.1. The van der Waals surface area contributed by atoms with Gasteiger partial charge in [0.25, 0.3) is 0 Å². The van der Waals surface area contributed by atoms with Gasteiger partial charge in [-0.1, -0.05) is 0 Å². The molecule has 0 amide bonds. The Morgan fingerprint density at radius 3 is 2.29 bits per heavy atom. The second-order valence-electron chi connectivity index (χ2n) is 3.26. The summed E-state index contributed by atoms with van der Waals surface area (Å²) in [6.07, 6.45) is 2.77. The van der Waals surface area contributed by atoms with E-state index in [9.17, 15) is 8.78 Å². The molecule has 2 rings (SSSR count). The third-order valence-electron chi connectivity index (χ3n) is 1.95. The van der Waals surface area contributed by atoms with Crippen molar-refractivity contribution in [2.75, 3.05) is 0 Å². The van der Waals surface area contributed by atoms with E-state index < -0.39 is 11.6 Å². The van der Waals surface area contributed by atoms with Crippen LogP contribution in [0.25, 0.3) is 0 Å². The van der Waals surface area contributed by atoms with Crippen LogP contribution in [0.15, 0.2) is 30.6 Å². The number of ether oxygens (including phenoxy) is 1. The summed E-state index contributed by atoms with van der Waals surface area (Å²) in [4.78, 5) is 7.83. The van der Waals surface area contributed by atoms with E-state index >= 15 is 0 Å². The summed E-state index contributed by atoms with van der Waals surface area (Å²) < 4.78 is 30.9. The topological polar surface area (TPSA) is 61.0 Å². The normalized spacial score (nSPS) is 10.3. The van der Waals surface area contributed by atoms with Gasteiger partial charge in [0, 0.05) is 24.7 Å². The summed E-state index contributed by atoms with van der Waals surface area (Å²) in [5.41, 5.74) is 5.95. The smallest absolute Gasteiger partial charge is 0.237 e. The maximum Gasteiger partial charge on any atom is 0.237 e. The number of hydrogen-bond donors (Lipinski definition) is 1. The van der Waals surface area contributed by atoms with E-state index in [4.69, 9.17) is 10.5 Å². The van der Waals surface area contributed by atoms with Gasteiger partial charge in [0.1, 0.15) is 17.4 Å². The minimum Gasteiger partial charge on any atom is -0.437 e. The summed E-state index contributed by atoms with van der Waals surface area (Å²) in [6.45, 7) is 0.266. The fourth-order valence-corrected chi connectivity index (χ4v) is 1.21. The highest BCUT2D eigenvalue weighted by Gasteiger charge is 2.04. The number of benzene rings is 1. The third-order valence-corrected chi connectivity index (χ3v) is 1.95. The Balaban J connectivity index is 2.19. The van der Waals surface area contributed by atoms with Gasteiger partial charge >= 0.3 is 0 Å². The Morgan fingerprint density at radius 2 is 1.76 bits per heavy atom. The molecule has 0 bridgehead atoms. The van der Waals surface area contributed by atoms with Gasteiger partial charge in [-0.25, -0.2) is 13.8 Å². The highest BCUT2D eigenvalue weighted by molar-refractivity contribution is 5.27. The monoisotopic (exact) mass is 237 g/mol. The van der Waals surface area contributed by atoms with Gasteiger partial charge in [-0.3, -0.25) is 4.98 Å². The number of nitrogens with two attached hydrogens (primary N) is 1. The standard InChI is InChI=1S/C11H9F2N3O/c12-7-1-8(13)3-10(2-7)17-11-6-15-9(4-14)5-16-11/h1-3,5-6H,4,14H2. The van der Waals surface area contributed by atoms with E-state index in [-0.39, 0.29) is 18.2 Å². The predicted molar refractivity (Wildman–Crippen MR) is 56.4 cm³/mol. The minimum atomic E-state index is -0.716. The molecule has 0 saturated carbocycles. The molecule has 2 aromatic rings. The lowest BCUT2D eigenvalue weighted by atomic mass is 10.3. The second kappa shape index (κ2) is 4.84. The first-order chi connectivity index (χ1) is 8.17. The molecule has 0 unspecified atom stereocenters. The number of nitrogens with zero attached hydrogens (tertiary/aromatic N) is 2. The van der Waals surface area contributed by atoms with Crippen LogP contribution in [0, 0.1) is 11.6 Å². The van der Waals surface area contributed by atoms with Crippen molar-refractivity contribution in [1.82, 2.24) is 9.97 Å². The fourth-order valence-electron chi connectivity index (χ4n) is 1.21. The molecule has 0 spiro atoms. The first kappa shape index (κ1) is 11.4. The van der Waals surface area contributed by atoms with Crippen molar-refractivity contribution in [3.8, 4) is 11.6 Å². The van der Waals surface area contributed by atoms with Gasteiger partial charge in [-0.2, -0.15) is 0 Å². The first-order valence-corrected chi connectivity index (χ1v) is 4.82. The molecule has 0 saturated heterocycles. The zero-order valence-electron chi connectivity index (χ0n) is 8.73. The quantitative estimate of drug-likeness (QED) is 0.886. The molecule has 0 aliphatic carbocycles. The molecule has 6 heteroatoms. The van der Waals surface area contributed by atoms with Crippen LogP contribution < -0.4 is 10.5 Å². The Labute approximate surface area is 96.1 Å². The summed E-state index contributed by atoms with van der Waals surface area (Å²) >= 11 is 0. The summed E-state index contributed by atoms with van der Waals surface area (Å²) in [6, 6.07) is 2.87. The lowest BCUT2D eigenvalue weighted by Crippen LogP contribution is -2.00. The predicted octanol–water partition coefficient (Wildman–Crippen LogP) is 2.01. The van der Waals surface area contributed by atoms with Crippen molar-refractivity contribution in [3.63, 3.8) is 0 Å². The third kappa shape index (κ3) is 2.94.